The summed E-state index contributed by atoms with van der Waals surface area (Å²) < 4.78 is 42.2. The highest BCUT2D eigenvalue weighted by molar-refractivity contribution is 6.13. The highest BCUT2D eigenvalue weighted by Gasteiger charge is 2.31. The van der Waals surface area contributed by atoms with Gasteiger partial charge in [-0.1, -0.05) is 13.8 Å². The van der Waals surface area contributed by atoms with Crippen LogP contribution in [-0.4, -0.2) is 39.9 Å². The van der Waals surface area contributed by atoms with E-state index in [1.165, 1.54) is 20.8 Å². The second-order valence-corrected chi connectivity index (χ2v) is 5.54. The highest BCUT2D eigenvalue weighted by Crippen LogP contribution is 2.33. The van der Waals surface area contributed by atoms with E-state index in [2.05, 4.69) is 0 Å². The first kappa shape index (κ1) is 21.5. The predicted molar refractivity (Wildman–Crippen MR) is 87.3 cm³/mol. The third-order valence-electron chi connectivity index (χ3n) is 3.89. The molecule has 1 atom stereocenters. The highest BCUT2D eigenvalue weighted by atomic mass is 19.2. The number of aryl methyl sites for hydroxylation is 1. The second kappa shape index (κ2) is 8.70. The Morgan fingerprint density at radius 2 is 1.62 bits per heavy atom. The molecule has 26 heavy (non-hydrogen) atoms. The molecule has 3 N–H and O–H groups in total. The zero-order valence-corrected chi connectivity index (χ0v) is 14.5. The predicted octanol–water partition coefficient (Wildman–Crippen LogP) is 2.69. The molecular formula is C17H20F3NO5. The van der Waals surface area contributed by atoms with Gasteiger partial charge < -0.3 is 20.2 Å². The maximum Gasteiger partial charge on any atom is 0.344 e. The van der Waals surface area contributed by atoms with Crippen LogP contribution >= 0.6 is 0 Å². The van der Waals surface area contributed by atoms with Crippen molar-refractivity contribution in [3.8, 4) is 0 Å². The summed E-state index contributed by atoms with van der Waals surface area (Å²) in [7, 11) is 0. The Hall–Kier alpha value is -2.55. The average molecular weight is 375 g/mol. The van der Waals surface area contributed by atoms with Crippen LogP contribution < -0.4 is 4.90 Å². The lowest BCUT2D eigenvalue weighted by atomic mass is 10.0. The summed E-state index contributed by atoms with van der Waals surface area (Å²) in [6, 6.07) is -0.0145. The molecule has 9 heteroatoms. The van der Waals surface area contributed by atoms with Gasteiger partial charge in [-0.2, -0.15) is 0 Å². The number of benzene rings is 1. The molecule has 1 aromatic rings. The quantitative estimate of drug-likeness (QED) is 0.280. The molecule has 0 saturated heterocycles. The Balaban J connectivity index is 3.89. The van der Waals surface area contributed by atoms with Gasteiger partial charge in [0.2, 0.25) is 0 Å². The molecule has 1 rings (SSSR count). The van der Waals surface area contributed by atoms with Gasteiger partial charge in [0.05, 0.1) is 18.3 Å². The largest absolute Gasteiger partial charge is 0.477 e. The SMILES string of the molecule is CCC(=C(C(=O)O)C(=O)O)N(c1cc(CC)c(F)c(F)c1F)[C@@H](C)CO. The minimum Gasteiger partial charge on any atom is -0.477 e. The van der Waals surface area contributed by atoms with Crippen LogP contribution in [0.1, 0.15) is 32.8 Å². The van der Waals surface area contributed by atoms with E-state index in [1.807, 2.05) is 0 Å². The van der Waals surface area contributed by atoms with Crippen molar-refractivity contribution >= 4 is 17.6 Å². The molecule has 0 unspecified atom stereocenters. The summed E-state index contributed by atoms with van der Waals surface area (Å²) in [5.74, 6) is -8.27. The van der Waals surface area contributed by atoms with Crippen molar-refractivity contribution in [1.82, 2.24) is 0 Å². The average Bonchev–Trinajstić information content (AvgIpc) is 2.59. The van der Waals surface area contributed by atoms with Crippen molar-refractivity contribution in [2.45, 2.75) is 39.7 Å². The smallest absolute Gasteiger partial charge is 0.344 e. The molecule has 0 spiro atoms. The molecule has 0 heterocycles. The fraction of sp³-hybridized carbons (Fsp3) is 0.412. The molecule has 0 bridgehead atoms. The monoisotopic (exact) mass is 375 g/mol. The Labute approximate surface area is 148 Å². The number of aliphatic hydroxyl groups is 1. The summed E-state index contributed by atoms with van der Waals surface area (Å²) in [6.07, 6.45) is -0.147. The fourth-order valence-electron chi connectivity index (χ4n) is 2.61. The van der Waals surface area contributed by atoms with Crippen LogP contribution in [0.3, 0.4) is 0 Å². The van der Waals surface area contributed by atoms with Gasteiger partial charge >= 0.3 is 11.9 Å². The Morgan fingerprint density at radius 3 is 2.00 bits per heavy atom. The number of carbonyl (C=O) groups is 2. The van der Waals surface area contributed by atoms with Crippen molar-refractivity contribution in [2.24, 2.45) is 0 Å². The maximum absolute atomic E-state index is 14.4. The molecule has 0 aliphatic heterocycles. The van der Waals surface area contributed by atoms with Crippen LogP contribution in [0, 0.1) is 17.5 Å². The fourth-order valence-corrected chi connectivity index (χ4v) is 2.61. The van der Waals surface area contributed by atoms with Crippen LogP contribution in [0.2, 0.25) is 0 Å². The molecule has 0 fully saturated rings. The van der Waals surface area contributed by atoms with Crippen molar-refractivity contribution in [2.75, 3.05) is 11.5 Å². The van der Waals surface area contributed by atoms with Crippen molar-refractivity contribution in [3.05, 3.63) is 40.4 Å². The molecule has 0 saturated carbocycles. The summed E-state index contributed by atoms with van der Waals surface area (Å²) >= 11 is 0. The number of halogens is 3. The first-order valence-electron chi connectivity index (χ1n) is 7.88. The van der Waals surface area contributed by atoms with Gasteiger partial charge in [-0.15, -0.1) is 0 Å². The van der Waals surface area contributed by atoms with Gasteiger partial charge in [-0.25, -0.2) is 22.8 Å². The standard InChI is InChI=1S/C17H20F3NO5/c1-4-9-6-11(14(19)15(20)13(9)18)21(8(3)7-22)10(5-2)12(16(23)24)17(25)26/h6,8,22H,4-5,7H2,1-3H3,(H,23,24)(H,25,26)/t8-/m0/s1. The normalized spacial score (nSPS) is 11.8. The minimum absolute atomic E-state index is 0.0211. The summed E-state index contributed by atoms with van der Waals surface area (Å²) in [5.41, 5.74) is -2.11. The lowest BCUT2D eigenvalue weighted by Gasteiger charge is -2.33. The number of rotatable bonds is 8. The van der Waals surface area contributed by atoms with E-state index in [9.17, 15) is 38.1 Å². The third kappa shape index (κ3) is 3.98. The molecule has 1 aromatic carbocycles. The van der Waals surface area contributed by atoms with Crippen molar-refractivity contribution in [1.29, 1.82) is 0 Å². The summed E-state index contributed by atoms with van der Waals surface area (Å²) in [6.45, 7) is 3.69. The number of carboxylic acid groups (broad SMARTS) is 2. The van der Waals surface area contributed by atoms with E-state index < -0.39 is 53.3 Å². The van der Waals surface area contributed by atoms with Crippen LogP contribution in [-0.2, 0) is 16.0 Å². The van der Waals surface area contributed by atoms with Crippen LogP contribution in [0.15, 0.2) is 17.3 Å². The van der Waals surface area contributed by atoms with Gasteiger partial charge in [0, 0.05) is 5.70 Å². The minimum atomic E-state index is -1.77. The Morgan fingerprint density at radius 1 is 1.08 bits per heavy atom. The molecule has 0 radical (unpaired) electrons. The van der Waals surface area contributed by atoms with E-state index in [-0.39, 0.29) is 24.1 Å². The number of nitrogens with zero attached hydrogens (tertiary/aromatic N) is 1. The van der Waals surface area contributed by atoms with Crippen LogP contribution in [0.25, 0.3) is 0 Å². The lowest BCUT2D eigenvalue weighted by Crippen LogP contribution is -2.38. The van der Waals surface area contributed by atoms with Gasteiger partial charge in [-0.3, -0.25) is 0 Å². The molecule has 0 aliphatic rings. The third-order valence-corrected chi connectivity index (χ3v) is 3.89. The second-order valence-electron chi connectivity index (χ2n) is 5.54. The number of allylic oxidation sites excluding steroid dienone is 1. The number of hydrogen-bond donors (Lipinski definition) is 3. The summed E-state index contributed by atoms with van der Waals surface area (Å²) in [5, 5.41) is 27.9. The van der Waals surface area contributed by atoms with E-state index in [0.717, 1.165) is 11.0 Å². The van der Waals surface area contributed by atoms with Crippen LogP contribution in [0.5, 0.6) is 0 Å². The van der Waals surface area contributed by atoms with E-state index in [0.29, 0.717) is 0 Å². The van der Waals surface area contributed by atoms with Gasteiger partial charge in [0.25, 0.3) is 0 Å². The Bertz CT molecular complexity index is 732. The van der Waals surface area contributed by atoms with Crippen molar-refractivity contribution < 1.29 is 38.1 Å². The lowest BCUT2D eigenvalue weighted by molar-refractivity contribution is -0.140. The summed E-state index contributed by atoms with van der Waals surface area (Å²) in [4.78, 5) is 23.6. The number of aliphatic carboxylic acids is 2. The molecule has 144 valence electrons. The van der Waals surface area contributed by atoms with Crippen molar-refractivity contribution in [3.63, 3.8) is 0 Å². The molecule has 0 amide bonds. The van der Waals surface area contributed by atoms with E-state index >= 15 is 0 Å². The zero-order chi connectivity index (χ0) is 20.2. The Kier molecular flexibility index (Phi) is 7.19. The molecule has 0 aliphatic carbocycles. The first-order valence-corrected chi connectivity index (χ1v) is 7.88. The zero-order valence-electron chi connectivity index (χ0n) is 14.5. The number of hydrogen-bond acceptors (Lipinski definition) is 4. The number of carboxylic acids is 2. The van der Waals surface area contributed by atoms with Crippen LogP contribution in [0.4, 0.5) is 18.9 Å². The van der Waals surface area contributed by atoms with E-state index in [4.69, 9.17) is 0 Å². The maximum atomic E-state index is 14.4. The molecular weight excluding hydrogens is 355 g/mol. The number of anilines is 1. The van der Waals surface area contributed by atoms with Gasteiger partial charge in [0.1, 0.15) is 0 Å². The van der Waals surface area contributed by atoms with Gasteiger partial charge in [0.15, 0.2) is 23.0 Å². The topological polar surface area (TPSA) is 98.1 Å². The van der Waals surface area contributed by atoms with Gasteiger partial charge in [-0.05, 0) is 31.4 Å². The molecule has 6 nitrogen and oxygen atoms in total. The van der Waals surface area contributed by atoms with E-state index in [1.54, 1.807) is 0 Å². The molecule has 0 aromatic heterocycles. The first-order chi connectivity index (χ1) is 12.1. The number of aliphatic hydroxyl groups excluding tert-OH is 1.